The summed E-state index contributed by atoms with van der Waals surface area (Å²) in [6.45, 7) is 7.63. The number of benzene rings is 1. The number of carbonyl (C=O) groups is 1. The normalized spacial score (nSPS) is 17.4. The second kappa shape index (κ2) is 9.58. The van der Waals surface area contributed by atoms with Gasteiger partial charge >= 0.3 is 0 Å². The van der Waals surface area contributed by atoms with Crippen LogP contribution in [0.1, 0.15) is 42.7 Å². The van der Waals surface area contributed by atoms with Crippen LogP contribution in [-0.2, 0) is 6.54 Å². The van der Waals surface area contributed by atoms with E-state index in [9.17, 15) is 4.79 Å². The third-order valence-corrected chi connectivity index (χ3v) is 5.77. The van der Waals surface area contributed by atoms with E-state index < -0.39 is 0 Å². The van der Waals surface area contributed by atoms with Crippen molar-refractivity contribution in [1.82, 2.24) is 9.88 Å². The van der Waals surface area contributed by atoms with E-state index in [-0.39, 0.29) is 5.91 Å². The minimum atomic E-state index is -0.282. The molecule has 28 heavy (non-hydrogen) atoms. The molecule has 1 aliphatic rings. The van der Waals surface area contributed by atoms with Gasteiger partial charge in [-0.05, 0) is 44.4 Å². The average molecular weight is 424 g/mol. The lowest BCUT2D eigenvalue weighted by Gasteiger charge is -2.30. The number of nitrogens with one attached hydrogen (secondary N) is 1. The van der Waals surface area contributed by atoms with E-state index in [1.165, 1.54) is 31.3 Å². The molecule has 1 saturated heterocycles. The summed E-state index contributed by atoms with van der Waals surface area (Å²) in [5.74, 6) is 1.32. The number of hydrogen-bond acceptors (Lipinski definition) is 6. The van der Waals surface area contributed by atoms with Crippen LogP contribution >= 0.6 is 22.9 Å². The van der Waals surface area contributed by atoms with E-state index in [1.54, 1.807) is 12.1 Å². The third-order valence-electron chi connectivity index (χ3n) is 4.68. The molecule has 1 aromatic carbocycles. The van der Waals surface area contributed by atoms with E-state index in [2.05, 4.69) is 22.1 Å². The van der Waals surface area contributed by atoms with E-state index in [1.807, 2.05) is 12.3 Å². The van der Waals surface area contributed by atoms with Crippen LogP contribution in [0.4, 0.5) is 5.13 Å². The van der Waals surface area contributed by atoms with E-state index in [4.69, 9.17) is 21.1 Å². The number of carbonyl (C=O) groups excluding carboxylic acids is 1. The highest BCUT2D eigenvalue weighted by Gasteiger charge is 2.19. The maximum Gasteiger partial charge on any atom is 0.257 e. The molecule has 3 rings (SSSR count). The van der Waals surface area contributed by atoms with Gasteiger partial charge in [0, 0.05) is 24.0 Å². The molecule has 2 aromatic rings. The monoisotopic (exact) mass is 423 g/mol. The van der Waals surface area contributed by atoms with Gasteiger partial charge in [0.15, 0.2) is 16.6 Å². The summed E-state index contributed by atoms with van der Waals surface area (Å²) in [6, 6.07) is 3.20. The Bertz CT molecular complexity index is 827. The molecule has 0 saturated carbocycles. The molecule has 1 amide bonds. The molecule has 8 heteroatoms. The van der Waals surface area contributed by atoms with Gasteiger partial charge in [0.2, 0.25) is 0 Å². The summed E-state index contributed by atoms with van der Waals surface area (Å²) in [7, 11) is 1.52. The number of rotatable bonds is 7. The number of anilines is 1. The quantitative estimate of drug-likeness (QED) is 0.700. The Labute approximate surface area is 174 Å². The summed E-state index contributed by atoms with van der Waals surface area (Å²) < 4.78 is 10.8. The van der Waals surface area contributed by atoms with Gasteiger partial charge in [0.25, 0.3) is 5.91 Å². The first kappa shape index (κ1) is 20.9. The van der Waals surface area contributed by atoms with Crippen LogP contribution in [0.2, 0.25) is 5.02 Å². The topological polar surface area (TPSA) is 63.7 Å². The Morgan fingerprint density at radius 1 is 1.46 bits per heavy atom. The van der Waals surface area contributed by atoms with Gasteiger partial charge in [-0.25, -0.2) is 4.98 Å². The summed E-state index contributed by atoms with van der Waals surface area (Å²) in [5.41, 5.74) is 1.38. The fraction of sp³-hybridized carbons (Fsp3) is 0.500. The number of aromatic nitrogens is 1. The second-order valence-corrected chi connectivity index (χ2v) is 8.27. The number of thiazole rings is 1. The summed E-state index contributed by atoms with van der Waals surface area (Å²) in [6.07, 6.45) is 2.53. The van der Waals surface area contributed by atoms with E-state index in [0.717, 1.165) is 31.2 Å². The Kier molecular flexibility index (Phi) is 7.15. The SMILES string of the molecule is CCOc1c(Cl)cc(C(=O)Nc2nc(CN3CCC[C@H](C)C3)cs2)cc1OC. The second-order valence-electron chi connectivity index (χ2n) is 7.00. The molecule has 0 radical (unpaired) electrons. The van der Waals surface area contributed by atoms with Gasteiger partial charge in [0.1, 0.15) is 0 Å². The zero-order chi connectivity index (χ0) is 20.1. The van der Waals surface area contributed by atoms with Crippen molar-refractivity contribution < 1.29 is 14.3 Å². The smallest absolute Gasteiger partial charge is 0.257 e. The molecule has 0 unspecified atom stereocenters. The van der Waals surface area contributed by atoms with E-state index >= 15 is 0 Å². The maximum absolute atomic E-state index is 12.6. The van der Waals surface area contributed by atoms with Crippen LogP contribution in [0.25, 0.3) is 0 Å². The van der Waals surface area contributed by atoms with Gasteiger partial charge in [-0.15, -0.1) is 11.3 Å². The predicted octanol–water partition coefficient (Wildman–Crippen LogP) is 4.69. The fourth-order valence-electron chi connectivity index (χ4n) is 3.40. The lowest BCUT2D eigenvalue weighted by Crippen LogP contribution is -2.33. The van der Waals surface area contributed by atoms with Crippen LogP contribution in [0.15, 0.2) is 17.5 Å². The molecule has 1 aromatic heterocycles. The van der Waals surface area contributed by atoms with E-state index in [0.29, 0.717) is 33.8 Å². The zero-order valence-electron chi connectivity index (χ0n) is 16.5. The lowest BCUT2D eigenvalue weighted by molar-refractivity contribution is 0.102. The molecule has 152 valence electrons. The Balaban J connectivity index is 1.66. The molecule has 1 N–H and O–H groups in total. The standard InChI is InChI=1S/C20H26ClN3O3S/c1-4-27-18-16(21)8-14(9-17(18)26-3)19(25)23-20-22-15(12-28-20)11-24-7-5-6-13(2)10-24/h8-9,12-13H,4-7,10-11H2,1-3H3,(H,22,23,25)/t13-/m0/s1. The van der Waals surface area contributed by atoms with Crippen molar-refractivity contribution in [2.45, 2.75) is 33.2 Å². The fourth-order valence-corrected chi connectivity index (χ4v) is 4.36. The van der Waals surface area contributed by atoms with Crippen molar-refractivity contribution in [3.63, 3.8) is 0 Å². The van der Waals surface area contributed by atoms with Crippen LogP contribution in [0.3, 0.4) is 0 Å². The van der Waals surface area contributed by atoms with Crippen LogP contribution < -0.4 is 14.8 Å². The minimum Gasteiger partial charge on any atom is -0.493 e. The zero-order valence-corrected chi connectivity index (χ0v) is 18.0. The first-order valence-corrected chi connectivity index (χ1v) is 10.7. The third kappa shape index (κ3) is 5.16. The number of methoxy groups -OCH3 is 1. The van der Waals surface area contributed by atoms with Gasteiger partial charge in [-0.3, -0.25) is 15.0 Å². The highest BCUT2D eigenvalue weighted by atomic mass is 35.5. The van der Waals surface area contributed by atoms with Crippen molar-refractivity contribution in [1.29, 1.82) is 0 Å². The number of nitrogens with zero attached hydrogens (tertiary/aromatic N) is 2. The van der Waals surface area contributed by atoms with Gasteiger partial charge < -0.3 is 9.47 Å². The highest BCUT2D eigenvalue weighted by molar-refractivity contribution is 7.14. The Hall–Kier alpha value is -1.83. The summed E-state index contributed by atoms with van der Waals surface area (Å²) in [5, 5.41) is 5.77. The number of amides is 1. The molecule has 0 bridgehead atoms. The number of likely N-dealkylation sites (tertiary alicyclic amines) is 1. The van der Waals surface area contributed by atoms with Crippen molar-refractivity contribution in [2.75, 3.05) is 32.1 Å². The van der Waals surface area contributed by atoms with Crippen molar-refractivity contribution in [3.05, 3.63) is 33.8 Å². The van der Waals surface area contributed by atoms with Gasteiger partial charge in [-0.2, -0.15) is 0 Å². The molecular weight excluding hydrogens is 398 g/mol. The molecule has 1 fully saturated rings. The predicted molar refractivity (Wildman–Crippen MR) is 113 cm³/mol. The number of piperidine rings is 1. The minimum absolute atomic E-state index is 0.282. The van der Waals surface area contributed by atoms with Crippen molar-refractivity contribution >= 4 is 34.0 Å². The number of ether oxygens (including phenoxy) is 2. The average Bonchev–Trinajstić information content (AvgIpc) is 3.10. The first-order chi connectivity index (χ1) is 13.5. The molecule has 1 aliphatic heterocycles. The maximum atomic E-state index is 12.6. The first-order valence-electron chi connectivity index (χ1n) is 9.48. The molecule has 2 heterocycles. The number of hydrogen-bond donors (Lipinski definition) is 1. The molecule has 0 spiro atoms. The molecule has 1 atom stereocenters. The Morgan fingerprint density at radius 2 is 2.29 bits per heavy atom. The number of halogens is 1. The van der Waals surface area contributed by atoms with Crippen LogP contribution in [0.5, 0.6) is 11.5 Å². The summed E-state index contributed by atoms with van der Waals surface area (Å²) >= 11 is 7.69. The largest absolute Gasteiger partial charge is 0.493 e. The highest BCUT2D eigenvalue weighted by Crippen LogP contribution is 2.36. The Morgan fingerprint density at radius 3 is 3.00 bits per heavy atom. The van der Waals surface area contributed by atoms with Gasteiger partial charge in [-0.1, -0.05) is 18.5 Å². The van der Waals surface area contributed by atoms with Crippen molar-refractivity contribution in [2.24, 2.45) is 5.92 Å². The van der Waals surface area contributed by atoms with Crippen LogP contribution in [0, 0.1) is 5.92 Å². The van der Waals surface area contributed by atoms with Gasteiger partial charge in [0.05, 0.1) is 24.4 Å². The van der Waals surface area contributed by atoms with Crippen molar-refractivity contribution in [3.8, 4) is 11.5 Å². The summed E-state index contributed by atoms with van der Waals surface area (Å²) in [4.78, 5) is 19.6. The molecule has 6 nitrogen and oxygen atoms in total. The lowest BCUT2D eigenvalue weighted by atomic mass is 10.0. The molecule has 0 aliphatic carbocycles. The van der Waals surface area contributed by atoms with Crippen LogP contribution in [-0.4, -0.2) is 42.6 Å². The molecular formula is C20H26ClN3O3S.